The van der Waals surface area contributed by atoms with Gasteiger partial charge < -0.3 is 15.7 Å². The number of nitrogens with two attached hydrogens (primary N) is 1. The van der Waals surface area contributed by atoms with Crippen molar-refractivity contribution in [1.82, 2.24) is 15.0 Å². The molecule has 0 saturated carbocycles. The van der Waals surface area contributed by atoms with Crippen LogP contribution in [0.25, 0.3) is 11.0 Å². The van der Waals surface area contributed by atoms with Gasteiger partial charge in [-0.05, 0) is 49.8 Å². The molecule has 0 spiro atoms. The Morgan fingerprint density at radius 2 is 2.05 bits per heavy atom. The normalized spacial score (nSPS) is 10.4. The Morgan fingerprint density at radius 1 is 1.24 bits per heavy atom. The summed E-state index contributed by atoms with van der Waals surface area (Å²) in [6.07, 6.45) is 8.35. The largest absolute Gasteiger partial charge is 0.355 e. The van der Waals surface area contributed by atoms with Crippen LogP contribution in [0, 0.1) is 6.92 Å². The predicted molar refractivity (Wildman–Crippen MR) is 92.0 cm³/mol. The van der Waals surface area contributed by atoms with Crippen LogP contribution in [0.15, 0.2) is 17.3 Å². The van der Waals surface area contributed by atoms with Gasteiger partial charge in [0.15, 0.2) is 0 Å². The van der Waals surface area contributed by atoms with Gasteiger partial charge in [-0.1, -0.05) is 13.3 Å². The molecule has 118 valence electrons. The molecule has 5 nitrogen and oxygen atoms in total. The molecule has 0 bridgehead atoms. The zero-order valence-corrected chi connectivity index (χ0v) is 13.8. The molecule has 0 radical (unpaired) electrons. The van der Waals surface area contributed by atoms with Gasteiger partial charge in [-0.3, -0.25) is 4.79 Å². The minimum atomic E-state index is -0.122. The summed E-state index contributed by atoms with van der Waals surface area (Å²) in [5, 5.41) is 0. The van der Waals surface area contributed by atoms with E-state index in [0.29, 0.717) is 5.52 Å². The fraction of sp³-hybridized carbons (Fsp3) is 0.600. The van der Waals surface area contributed by atoms with Gasteiger partial charge in [0.1, 0.15) is 5.52 Å². The monoisotopic (exact) mass is 310 g/mol. The number of hydrogen-bond acceptors (Lipinski definition) is 4. The molecular formula is C15H26N4OS. The lowest BCUT2D eigenvalue weighted by molar-refractivity contribution is 0.732. The Hall–Kier alpha value is -1.27. The number of unbranched alkanes of at least 4 members (excludes halogenated alkanes) is 2. The Labute approximate surface area is 130 Å². The summed E-state index contributed by atoms with van der Waals surface area (Å²) in [6, 6.07) is 0. The van der Waals surface area contributed by atoms with Crippen molar-refractivity contribution in [2.75, 3.05) is 18.1 Å². The fourth-order valence-electron chi connectivity index (χ4n) is 1.85. The molecule has 0 fully saturated rings. The molecule has 0 aliphatic carbocycles. The maximum atomic E-state index is 11.1. The summed E-state index contributed by atoms with van der Waals surface area (Å²) in [7, 11) is 0. The van der Waals surface area contributed by atoms with Gasteiger partial charge in [0.2, 0.25) is 0 Å². The number of nitrogens with one attached hydrogen (secondary N) is 2. The van der Waals surface area contributed by atoms with E-state index in [4.69, 9.17) is 5.73 Å². The molecule has 0 aliphatic heterocycles. The van der Waals surface area contributed by atoms with Crippen LogP contribution in [0.4, 0.5) is 0 Å². The fourth-order valence-corrected chi connectivity index (χ4v) is 2.75. The van der Waals surface area contributed by atoms with E-state index in [2.05, 4.69) is 33.6 Å². The minimum absolute atomic E-state index is 0.122. The molecule has 2 rings (SSSR count). The zero-order valence-electron chi connectivity index (χ0n) is 12.9. The van der Waals surface area contributed by atoms with E-state index in [1.54, 1.807) is 6.20 Å². The van der Waals surface area contributed by atoms with Crippen LogP contribution >= 0.6 is 11.8 Å². The van der Waals surface area contributed by atoms with Crippen molar-refractivity contribution < 1.29 is 0 Å². The second-order valence-electron chi connectivity index (χ2n) is 4.89. The molecule has 0 amide bonds. The highest BCUT2D eigenvalue weighted by Gasteiger charge is 2.01. The summed E-state index contributed by atoms with van der Waals surface area (Å²) in [5.41, 5.74) is 7.52. The van der Waals surface area contributed by atoms with E-state index >= 15 is 0 Å². The molecule has 0 atom stereocenters. The quantitative estimate of drug-likeness (QED) is 0.686. The van der Waals surface area contributed by atoms with Gasteiger partial charge >= 0.3 is 0 Å². The number of aryl methyl sites for hydroxylation is 1. The zero-order chi connectivity index (χ0) is 15.5. The van der Waals surface area contributed by atoms with E-state index in [9.17, 15) is 4.79 Å². The SMILES string of the molecule is CCCSCCCCCN.Cc1c[nH]c2c(=O)[nH]cnc12. The number of fused-ring (bicyclic) bond motifs is 1. The first-order valence-electron chi connectivity index (χ1n) is 7.49. The van der Waals surface area contributed by atoms with Crippen LogP contribution in [0.2, 0.25) is 0 Å². The smallest absolute Gasteiger partial charge is 0.275 e. The third-order valence-corrected chi connectivity index (χ3v) is 4.28. The van der Waals surface area contributed by atoms with E-state index in [1.165, 1.54) is 43.5 Å². The summed E-state index contributed by atoms with van der Waals surface area (Å²) in [4.78, 5) is 20.4. The molecule has 4 N–H and O–H groups in total. The van der Waals surface area contributed by atoms with Crippen LogP contribution in [0.3, 0.4) is 0 Å². The van der Waals surface area contributed by atoms with Gasteiger partial charge in [0.25, 0.3) is 5.56 Å². The number of thioether (sulfide) groups is 1. The molecule has 0 aliphatic rings. The standard InChI is InChI=1S/C8H19NS.C7H7N3O/c1-2-7-10-8-5-3-4-6-9;1-4-2-8-6-5(4)9-3-10-7(6)11/h2-9H2,1H3;2-3,8H,1H3,(H,9,10,11). The third-order valence-electron chi connectivity index (χ3n) is 3.00. The van der Waals surface area contributed by atoms with Crippen LogP contribution in [0.5, 0.6) is 0 Å². The summed E-state index contributed by atoms with van der Waals surface area (Å²) in [5.74, 6) is 2.65. The third kappa shape index (κ3) is 6.35. The van der Waals surface area contributed by atoms with Gasteiger partial charge in [-0.15, -0.1) is 0 Å². The van der Waals surface area contributed by atoms with Crippen LogP contribution in [0.1, 0.15) is 38.2 Å². The number of H-pyrrole nitrogens is 2. The molecule has 2 heterocycles. The van der Waals surface area contributed by atoms with E-state index in [-0.39, 0.29) is 5.56 Å². The highest BCUT2D eigenvalue weighted by molar-refractivity contribution is 7.99. The first kappa shape index (κ1) is 17.8. The molecule has 0 unspecified atom stereocenters. The van der Waals surface area contributed by atoms with Gasteiger partial charge in [-0.2, -0.15) is 11.8 Å². The lowest BCUT2D eigenvalue weighted by Gasteiger charge is -1.97. The number of hydrogen-bond donors (Lipinski definition) is 3. The number of aromatic nitrogens is 3. The van der Waals surface area contributed by atoms with Crippen molar-refractivity contribution in [2.45, 2.75) is 39.5 Å². The maximum Gasteiger partial charge on any atom is 0.275 e. The van der Waals surface area contributed by atoms with Gasteiger partial charge in [0, 0.05) is 6.20 Å². The molecule has 0 aromatic carbocycles. The molecule has 6 heteroatoms. The molecule has 2 aromatic rings. The molecule has 0 saturated heterocycles. The summed E-state index contributed by atoms with van der Waals surface area (Å²) in [6.45, 7) is 5.00. The summed E-state index contributed by atoms with van der Waals surface area (Å²) < 4.78 is 0. The van der Waals surface area contributed by atoms with Crippen molar-refractivity contribution >= 4 is 22.8 Å². The first-order valence-corrected chi connectivity index (χ1v) is 8.65. The van der Waals surface area contributed by atoms with Crippen LogP contribution < -0.4 is 11.3 Å². The van der Waals surface area contributed by atoms with Gasteiger partial charge in [-0.25, -0.2) is 4.98 Å². The Bertz CT molecular complexity index is 556. The van der Waals surface area contributed by atoms with Gasteiger partial charge in [0.05, 0.1) is 11.8 Å². The van der Waals surface area contributed by atoms with E-state index in [0.717, 1.165) is 17.6 Å². The lowest BCUT2D eigenvalue weighted by atomic mass is 10.2. The first-order chi connectivity index (χ1) is 10.2. The summed E-state index contributed by atoms with van der Waals surface area (Å²) >= 11 is 2.06. The van der Waals surface area contributed by atoms with Crippen molar-refractivity contribution in [3.63, 3.8) is 0 Å². The van der Waals surface area contributed by atoms with Crippen LogP contribution in [-0.4, -0.2) is 33.0 Å². The molecular weight excluding hydrogens is 284 g/mol. The van der Waals surface area contributed by atoms with E-state index < -0.39 is 0 Å². The minimum Gasteiger partial charge on any atom is -0.355 e. The maximum absolute atomic E-state index is 11.1. The molecule has 2 aromatic heterocycles. The Balaban J connectivity index is 0.000000212. The Morgan fingerprint density at radius 3 is 2.71 bits per heavy atom. The van der Waals surface area contributed by atoms with Crippen molar-refractivity contribution in [3.05, 3.63) is 28.4 Å². The topological polar surface area (TPSA) is 87.6 Å². The second-order valence-corrected chi connectivity index (χ2v) is 6.11. The number of aromatic amines is 2. The van der Waals surface area contributed by atoms with Crippen LogP contribution in [-0.2, 0) is 0 Å². The highest BCUT2D eigenvalue weighted by Crippen LogP contribution is 2.08. The average Bonchev–Trinajstić information content (AvgIpc) is 2.87. The second kappa shape index (κ2) is 10.5. The van der Waals surface area contributed by atoms with Crippen molar-refractivity contribution in [2.24, 2.45) is 5.73 Å². The number of nitrogens with zero attached hydrogens (tertiary/aromatic N) is 1. The predicted octanol–water partition coefficient (Wildman–Crippen LogP) is 2.82. The van der Waals surface area contributed by atoms with E-state index in [1.807, 2.05) is 6.92 Å². The Kier molecular flexibility index (Phi) is 8.85. The highest BCUT2D eigenvalue weighted by atomic mass is 32.2. The van der Waals surface area contributed by atoms with Crippen molar-refractivity contribution in [3.8, 4) is 0 Å². The number of rotatable bonds is 7. The molecule has 21 heavy (non-hydrogen) atoms. The van der Waals surface area contributed by atoms with Crippen molar-refractivity contribution in [1.29, 1.82) is 0 Å². The average molecular weight is 310 g/mol. The lowest BCUT2D eigenvalue weighted by Crippen LogP contribution is -2.05.